The van der Waals surface area contributed by atoms with Gasteiger partial charge >= 0.3 is 0 Å². The zero-order valence-electron chi connectivity index (χ0n) is 18.3. The van der Waals surface area contributed by atoms with Crippen LogP contribution < -0.4 is 0 Å². The van der Waals surface area contributed by atoms with Crippen molar-refractivity contribution < 1.29 is 13.2 Å². The zero-order chi connectivity index (χ0) is 22.0. The Labute approximate surface area is 189 Å². The van der Waals surface area contributed by atoms with E-state index in [9.17, 15) is 13.2 Å². The van der Waals surface area contributed by atoms with Crippen molar-refractivity contribution in [2.75, 3.05) is 17.3 Å². The van der Waals surface area contributed by atoms with Crippen molar-refractivity contribution >= 4 is 27.5 Å². The minimum absolute atomic E-state index is 0.0363. The Morgan fingerprint density at radius 1 is 1.16 bits per heavy atom. The molecule has 31 heavy (non-hydrogen) atoms. The van der Waals surface area contributed by atoms with E-state index < -0.39 is 9.84 Å². The first kappa shape index (κ1) is 22.4. The van der Waals surface area contributed by atoms with Gasteiger partial charge in [-0.2, -0.15) is 0 Å². The van der Waals surface area contributed by atoms with E-state index in [2.05, 4.69) is 37.0 Å². The Morgan fingerprint density at radius 3 is 2.61 bits per heavy atom. The number of carbonyl (C=O) groups excluding carboxylic acids is 1. The maximum atomic E-state index is 13.4. The molecule has 1 saturated carbocycles. The number of carbonyl (C=O) groups is 1. The van der Waals surface area contributed by atoms with Crippen LogP contribution in [0.15, 0.2) is 35.7 Å². The Hall–Kier alpha value is -1.80. The van der Waals surface area contributed by atoms with E-state index in [0.717, 1.165) is 42.1 Å². The summed E-state index contributed by atoms with van der Waals surface area (Å²) in [5.74, 6) is 0.610. The lowest BCUT2D eigenvalue weighted by atomic mass is 9.93. The van der Waals surface area contributed by atoms with Gasteiger partial charge in [-0.15, -0.1) is 0 Å². The summed E-state index contributed by atoms with van der Waals surface area (Å²) in [6.45, 7) is 4.15. The summed E-state index contributed by atoms with van der Waals surface area (Å²) in [6, 6.07) is 6.28. The second-order valence-electron chi connectivity index (χ2n) is 8.81. The predicted molar refractivity (Wildman–Crippen MR) is 125 cm³/mol. The standard InChI is InChI=1S/C23H31N3O3S2/c1-17-8-9-21(18(2)14-17)25-12-11-24-23(25)30-15-22(27)26(19-6-4-3-5-7-19)20-10-13-31(28,29)16-20/h8-9,11-12,14,19-20H,3-7,10,13,15-16H2,1-2H3. The van der Waals surface area contributed by atoms with Crippen molar-refractivity contribution in [3.8, 4) is 5.69 Å². The molecule has 0 N–H and O–H groups in total. The molecule has 1 aromatic heterocycles. The molecule has 4 rings (SSSR count). The molecule has 1 amide bonds. The van der Waals surface area contributed by atoms with E-state index >= 15 is 0 Å². The van der Waals surface area contributed by atoms with E-state index in [1.54, 1.807) is 6.20 Å². The Balaban J connectivity index is 1.50. The smallest absolute Gasteiger partial charge is 0.233 e. The van der Waals surface area contributed by atoms with Gasteiger partial charge in [0.15, 0.2) is 15.0 Å². The van der Waals surface area contributed by atoms with E-state index in [4.69, 9.17) is 0 Å². The van der Waals surface area contributed by atoms with Crippen LogP contribution in [-0.4, -0.2) is 58.1 Å². The Bertz CT molecular complexity index is 1040. The molecular weight excluding hydrogens is 430 g/mol. The quantitative estimate of drug-likeness (QED) is 0.610. The lowest BCUT2D eigenvalue weighted by Crippen LogP contribution is -2.49. The van der Waals surface area contributed by atoms with Crippen LogP contribution in [0, 0.1) is 13.8 Å². The molecule has 1 saturated heterocycles. The first-order valence-corrected chi connectivity index (χ1v) is 13.9. The van der Waals surface area contributed by atoms with Gasteiger partial charge in [0, 0.05) is 24.5 Å². The molecule has 168 valence electrons. The van der Waals surface area contributed by atoms with Crippen LogP contribution in [0.3, 0.4) is 0 Å². The summed E-state index contributed by atoms with van der Waals surface area (Å²) < 4.78 is 26.2. The summed E-state index contributed by atoms with van der Waals surface area (Å²) >= 11 is 1.43. The summed E-state index contributed by atoms with van der Waals surface area (Å²) in [7, 11) is -3.04. The summed E-state index contributed by atoms with van der Waals surface area (Å²) in [4.78, 5) is 19.8. The third-order valence-corrected chi connectivity index (χ3v) is 9.10. The fourth-order valence-electron chi connectivity index (χ4n) is 4.92. The molecule has 1 aliphatic carbocycles. The molecule has 2 aliphatic rings. The first-order chi connectivity index (χ1) is 14.8. The molecule has 2 fully saturated rings. The molecule has 2 aromatic rings. The lowest BCUT2D eigenvalue weighted by Gasteiger charge is -2.38. The molecule has 1 unspecified atom stereocenters. The van der Waals surface area contributed by atoms with E-state index in [0.29, 0.717) is 6.42 Å². The van der Waals surface area contributed by atoms with E-state index in [1.165, 1.54) is 23.7 Å². The average Bonchev–Trinajstić information content (AvgIpc) is 3.33. The molecule has 0 spiro atoms. The van der Waals surface area contributed by atoms with Crippen molar-refractivity contribution in [1.29, 1.82) is 0 Å². The molecule has 8 heteroatoms. The third kappa shape index (κ3) is 5.17. The number of amides is 1. The Morgan fingerprint density at radius 2 is 1.94 bits per heavy atom. The summed E-state index contributed by atoms with van der Waals surface area (Å²) in [5.41, 5.74) is 3.43. The van der Waals surface area contributed by atoms with Crippen LogP contribution in [0.1, 0.15) is 49.7 Å². The second-order valence-corrected chi connectivity index (χ2v) is 12.0. The van der Waals surface area contributed by atoms with Crippen molar-refractivity contribution in [2.45, 2.75) is 69.6 Å². The molecule has 2 heterocycles. The van der Waals surface area contributed by atoms with Gasteiger partial charge in [0.25, 0.3) is 0 Å². The number of nitrogens with zero attached hydrogens (tertiary/aromatic N) is 3. The zero-order valence-corrected chi connectivity index (χ0v) is 19.9. The molecule has 0 radical (unpaired) electrons. The van der Waals surface area contributed by atoms with Gasteiger partial charge in [-0.3, -0.25) is 9.36 Å². The van der Waals surface area contributed by atoms with Crippen molar-refractivity contribution in [2.24, 2.45) is 0 Å². The molecule has 0 bridgehead atoms. The molecule has 1 atom stereocenters. The van der Waals surface area contributed by atoms with Crippen molar-refractivity contribution in [3.05, 3.63) is 41.7 Å². The minimum atomic E-state index is -3.04. The largest absolute Gasteiger partial charge is 0.335 e. The topological polar surface area (TPSA) is 72.3 Å². The SMILES string of the molecule is Cc1ccc(-n2ccnc2SCC(=O)N(C2CCCCC2)C2CCS(=O)(=O)C2)c(C)c1. The minimum Gasteiger partial charge on any atom is -0.335 e. The Kier molecular flexibility index (Phi) is 6.77. The van der Waals surface area contributed by atoms with Gasteiger partial charge in [-0.25, -0.2) is 13.4 Å². The van der Waals surface area contributed by atoms with Crippen LogP contribution in [0.5, 0.6) is 0 Å². The van der Waals surface area contributed by atoms with Crippen LogP contribution in [0.4, 0.5) is 0 Å². The van der Waals surface area contributed by atoms with Crippen LogP contribution in [0.2, 0.25) is 0 Å². The van der Waals surface area contributed by atoms with Gasteiger partial charge < -0.3 is 4.90 Å². The fraction of sp³-hybridized carbons (Fsp3) is 0.565. The number of hydrogen-bond acceptors (Lipinski definition) is 5. The number of benzene rings is 1. The maximum absolute atomic E-state index is 13.4. The third-order valence-electron chi connectivity index (χ3n) is 6.40. The molecule has 1 aliphatic heterocycles. The number of aryl methyl sites for hydroxylation is 2. The van der Waals surface area contributed by atoms with Crippen molar-refractivity contribution in [3.63, 3.8) is 0 Å². The number of rotatable bonds is 6. The highest BCUT2D eigenvalue weighted by Gasteiger charge is 2.38. The van der Waals surface area contributed by atoms with Crippen LogP contribution >= 0.6 is 11.8 Å². The lowest BCUT2D eigenvalue weighted by molar-refractivity contribution is -0.133. The number of aromatic nitrogens is 2. The highest BCUT2D eigenvalue weighted by Crippen LogP contribution is 2.30. The van der Waals surface area contributed by atoms with Crippen LogP contribution in [-0.2, 0) is 14.6 Å². The van der Waals surface area contributed by atoms with Gasteiger partial charge in [0.05, 0.1) is 22.9 Å². The second kappa shape index (κ2) is 9.36. The highest BCUT2D eigenvalue weighted by molar-refractivity contribution is 7.99. The van der Waals surface area contributed by atoms with Crippen LogP contribution in [0.25, 0.3) is 5.69 Å². The average molecular weight is 462 g/mol. The monoisotopic (exact) mass is 461 g/mol. The predicted octanol–water partition coefficient (Wildman–Crippen LogP) is 3.93. The summed E-state index contributed by atoms with van der Waals surface area (Å²) in [5, 5.41) is 0.781. The molecule has 6 nitrogen and oxygen atoms in total. The van der Waals surface area contributed by atoms with Gasteiger partial charge in [-0.05, 0) is 44.7 Å². The normalized spacial score (nSPS) is 21.3. The fourth-order valence-corrected chi connectivity index (χ4v) is 7.46. The van der Waals surface area contributed by atoms with E-state index in [1.807, 2.05) is 15.7 Å². The van der Waals surface area contributed by atoms with E-state index in [-0.39, 0.29) is 35.2 Å². The number of hydrogen-bond donors (Lipinski definition) is 0. The number of thioether (sulfide) groups is 1. The highest BCUT2D eigenvalue weighted by atomic mass is 32.2. The molecular formula is C23H31N3O3S2. The first-order valence-electron chi connectivity index (χ1n) is 11.1. The van der Waals surface area contributed by atoms with Gasteiger partial charge in [-0.1, -0.05) is 48.7 Å². The number of sulfone groups is 1. The van der Waals surface area contributed by atoms with Gasteiger partial charge in [0.1, 0.15) is 0 Å². The summed E-state index contributed by atoms with van der Waals surface area (Å²) in [6.07, 6.45) is 9.61. The van der Waals surface area contributed by atoms with Gasteiger partial charge in [0.2, 0.25) is 5.91 Å². The molecule has 1 aromatic carbocycles. The number of imidazole rings is 1. The maximum Gasteiger partial charge on any atom is 0.233 e. The van der Waals surface area contributed by atoms with Crippen molar-refractivity contribution in [1.82, 2.24) is 14.5 Å².